The molecular weight excluding hydrogens is 611 g/mol. The van der Waals surface area contributed by atoms with Crippen molar-refractivity contribution in [3.05, 3.63) is 89.5 Å². The molecule has 1 saturated heterocycles. The lowest BCUT2D eigenvalue weighted by Crippen LogP contribution is -2.34. The third-order valence-corrected chi connectivity index (χ3v) is 9.00. The zero-order valence-electron chi connectivity index (χ0n) is 23.5. The van der Waals surface area contributed by atoms with Gasteiger partial charge in [0.25, 0.3) is 5.91 Å². The Morgan fingerprint density at radius 1 is 1.02 bits per heavy atom. The van der Waals surface area contributed by atoms with E-state index in [1.807, 2.05) is 0 Å². The number of rotatable bonds is 12. The number of halogens is 5. The van der Waals surface area contributed by atoms with Crippen LogP contribution in [-0.2, 0) is 20.8 Å². The molecule has 1 aliphatic heterocycles. The Kier molecular flexibility index (Phi) is 10.5. The van der Waals surface area contributed by atoms with Crippen LogP contribution in [-0.4, -0.2) is 63.7 Å². The summed E-state index contributed by atoms with van der Waals surface area (Å²) in [5, 5.41) is 12.6. The van der Waals surface area contributed by atoms with Gasteiger partial charge in [0.2, 0.25) is 0 Å². The van der Waals surface area contributed by atoms with Gasteiger partial charge in [-0.15, -0.1) is 0 Å². The van der Waals surface area contributed by atoms with Crippen molar-refractivity contribution in [1.29, 1.82) is 0 Å². The summed E-state index contributed by atoms with van der Waals surface area (Å²) in [6, 6.07) is 15.0. The van der Waals surface area contributed by atoms with Gasteiger partial charge in [0.1, 0.15) is 11.9 Å². The number of ether oxygens (including phenoxy) is 2. The molecule has 0 unspecified atom stereocenters. The van der Waals surface area contributed by atoms with E-state index in [9.17, 15) is 40.3 Å². The maximum atomic E-state index is 12.9. The number of hydrogen-bond donors (Lipinski definition) is 2. The summed E-state index contributed by atoms with van der Waals surface area (Å²) in [6.45, 7) is -2.01. The van der Waals surface area contributed by atoms with Crippen molar-refractivity contribution in [3.8, 4) is 5.75 Å². The number of carbonyl (C=O) groups excluding carboxylic acids is 1. The van der Waals surface area contributed by atoms with Crippen LogP contribution in [0.1, 0.15) is 40.9 Å². The lowest BCUT2D eigenvalue weighted by atomic mass is 10.1. The van der Waals surface area contributed by atoms with E-state index in [0.717, 1.165) is 12.1 Å². The molecule has 8 nitrogen and oxygen atoms in total. The summed E-state index contributed by atoms with van der Waals surface area (Å²) in [5.41, 5.74) is 0.505. The molecule has 1 aliphatic rings. The van der Waals surface area contributed by atoms with Gasteiger partial charge in [-0.2, -0.15) is 22.0 Å². The fourth-order valence-electron chi connectivity index (χ4n) is 4.89. The SMILES string of the molecule is CCS(=O)(=O)c1ccc([C@H](CO)NC(=O)c2ccc(N3C[C@@H](Oc4ccc(C(F)(F)F)cc4)C[C@@H]3COC(F)F)cc2)cc1. The molecule has 3 aromatic rings. The molecule has 1 fully saturated rings. The Morgan fingerprint density at radius 3 is 2.20 bits per heavy atom. The van der Waals surface area contributed by atoms with E-state index in [-0.39, 0.29) is 41.5 Å². The summed E-state index contributed by atoms with van der Waals surface area (Å²) >= 11 is 0. The molecule has 0 saturated carbocycles. The molecule has 1 heterocycles. The van der Waals surface area contributed by atoms with Crippen LogP contribution in [0.2, 0.25) is 0 Å². The molecule has 44 heavy (non-hydrogen) atoms. The summed E-state index contributed by atoms with van der Waals surface area (Å²) in [7, 11) is -3.41. The van der Waals surface area contributed by atoms with E-state index in [1.54, 1.807) is 17.0 Å². The first-order valence-electron chi connectivity index (χ1n) is 13.7. The number of nitrogens with zero attached hydrogens (tertiary/aromatic N) is 1. The van der Waals surface area contributed by atoms with Crippen LogP contribution in [0.25, 0.3) is 0 Å². The number of amides is 1. The second-order valence-electron chi connectivity index (χ2n) is 10.1. The second kappa shape index (κ2) is 13.9. The standard InChI is InChI=1S/C30H31F5N2O6S/c1-2-44(40,41)26-13-5-19(6-14-26)27(17-38)36-28(39)20-3-9-22(10-4-20)37-16-25(15-23(37)18-42-29(31)32)43-24-11-7-21(8-12-24)30(33,34)35/h3-14,23,25,27,29,38H,2,15-18H2,1H3,(H,36,39)/t23-,25+,27+/m1/s1. The smallest absolute Gasteiger partial charge is 0.416 e. The van der Waals surface area contributed by atoms with Crippen LogP contribution in [0.4, 0.5) is 27.6 Å². The van der Waals surface area contributed by atoms with Crippen molar-refractivity contribution in [2.75, 3.05) is 30.4 Å². The van der Waals surface area contributed by atoms with Gasteiger partial charge in [-0.1, -0.05) is 19.1 Å². The highest BCUT2D eigenvalue weighted by Gasteiger charge is 2.35. The predicted molar refractivity (Wildman–Crippen MR) is 151 cm³/mol. The van der Waals surface area contributed by atoms with Gasteiger partial charge < -0.3 is 24.8 Å². The Labute approximate surface area is 251 Å². The Bertz CT molecular complexity index is 1500. The maximum Gasteiger partial charge on any atom is 0.416 e. The molecule has 0 spiro atoms. The molecule has 4 rings (SSSR count). The van der Waals surface area contributed by atoms with Gasteiger partial charge in [-0.05, 0) is 66.2 Å². The van der Waals surface area contributed by atoms with E-state index in [2.05, 4.69) is 10.1 Å². The Morgan fingerprint density at radius 2 is 1.66 bits per heavy atom. The average molecular weight is 643 g/mol. The summed E-state index contributed by atoms with van der Waals surface area (Å²) in [6.07, 6.45) is -4.77. The Balaban J connectivity index is 1.44. The highest BCUT2D eigenvalue weighted by Crippen LogP contribution is 2.33. The van der Waals surface area contributed by atoms with E-state index in [4.69, 9.17) is 4.74 Å². The topological polar surface area (TPSA) is 105 Å². The number of aliphatic hydroxyl groups is 1. The van der Waals surface area contributed by atoms with Crippen LogP contribution in [0.5, 0.6) is 5.75 Å². The minimum atomic E-state index is -4.49. The predicted octanol–water partition coefficient (Wildman–Crippen LogP) is 5.23. The molecule has 3 atom stereocenters. The quantitative estimate of drug-likeness (QED) is 0.261. The van der Waals surface area contributed by atoms with Gasteiger partial charge in [-0.3, -0.25) is 4.79 Å². The van der Waals surface area contributed by atoms with Crippen LogP contribution < -0.4 is 15.0 Å². The molecule has 2 N–H and O–H groups in total. The van der Waals surface area contributed by atoms with Gasteiger partial charge in [0.15, 0.2) is 9.84 Å². The number of sulfone groups is 1. The van der Waals surface area contributed by atoms with Crippen LogP contribution in [0.15, 0.2) is 77.7 Å². The van der Waals surface area contributed by atoms with E-state index >= 15 is 0 Å². The maximum absolute atomic E-state index is 12.9. The molecule has 238 valence electrons. The number of anilines is 1. The third-order valence-electron chi connectivity index (χ3n) is 7.25. The minimum absolute atomic E-state index is 0.0627. The molecule has 14 heteroatoms. The van der Waals surface area contributed by atoms with Gasteiger partial charge in [0.05, 0.1) is 48.1 Å². The zero-order chi connectivity index (χ0) is 32.1. The van der Waals surface area contributed by atoms with Crippen LogP contribution in [0.3, 0.4) is 0 Å². The van der Waals surface area contributed by atoms with Gasteiger partial charge in [0, 0.05) is 17.7 Å². The van der Waals surface area contributed by atoms with Gasteiger partial charge >= 0.3 is 12.8 Å². The number of nitrogens with one attached hydrogen (secondary N) is 1. The van der Waals surface area contributed by atoms with Crippen molar-refractivity contribution in [2.45, 2.75) is 49.2 Å². The van der Waals surface area contributed by atoms with Gasteiger partial charge in [-0.25, -0.2) is 8.42 Å². The molecule has 0 radical (unpaired) electrons. The van der Waals surface area contributed by atoms with E-state index in [1.165, 1.54) is 55.5 Å². The summed E-state index contributed by atoms with van der Waals surface area (Å²) in [5.74, 6) is -0.374. The number of alkyl halides is 5. The minimum Gasteiger partial charge on any atom is -0.489 e. The highest BCUT2D eigenvalue weighted by atomic mass is 32.2. The van der Waals surface area contributed by atoms with Crippen LogP contribution >= 0.6 is 0 Å². The zero-order valence-corrected chi connectivity index (χ0v) is 24.3. The Hall–Kier alpha value is -3.75. The van der Waals surface area contributed by atoms with Crippen molar-refractivity contribution < 1.29 is 49.7 Å². The first kappa shape index (κ1) is 33.1. The largest absolute Gasteiger partial charge is 0.489 e. The average Bonchev–Trinajstić information content (AvgIpc) is 3.41. The highest BCUT2D eigenvalue weighted by molar-refractivity contribution is 7.91. The lowest BCUT2D eigenvalue weighted by Gasteiger charge is -2.26. The normalized spacial score (nSPS) is 18.0. The first-order chi connectivity index (χ1) is 20.8. The fourth-order valence-corrected chi connectivity index (χ4v) is 5.77. The molecule has 0 bridgehead atoms. The van der Waals surface area contributed by atoms with Crippen molar-refractivity contribution in [3.63, 3.8) is 0 Å². The third kappa shape index (κ3) is 8.24. The monoisotopic (exact) mass is 642 g/mol. The lowest BCUT2D eigenvalue weighted by molar-refractivity contribution is -0.137. The molecular formula is C30H31F5N2O6S. The molecule has 0 aromatic heterocycles. The van der Waals surface area contributed by atoms with E-state index in [0.29, 0.717) is 11.3 Å². The second-order valence-corrected chi connectivity index (χ2v) is 12.4. The van der Waals surface area contributed by atoms with Crippen LogP contribution in [0, 0.1) is 0 Å². The summed E-state index contributed by atoms with van der Waals surface area (Å²) in [4.78, 5) is 14.8. The van der Waals surface area contributed by atoms with Crippen molar-refractivity contribution in [2.24, 2.45) is 0 Å². The first-order valence-corrected chi connectivity index (χ1v) is 15.3. The number of aliphatic hydroxyl groups excluding tert-OH is 1. The summed E-state index contributed by atoms with van der Waals surface area (Å²) < 4.78 is 98.8. The van der Waals surface area contributed by atoms with Crippen molar-refractivity contribution in [1.82, 2.24) is 5.32 Å². The molecule has 1 amide bonds. The number of benzene rings is 3. The number of hydrogen-bond acceptors (Lipinski definition) is 7. The molecule has 3 aromatic carbocycles. The molecule has 0 aliphatic carbocycles. The number of carbonyl (C=O) groups is 1. The van der Waals surface area contributed by atoms with Crippen molar-refractivity contribution >= 4 is 21.4 Å². The van der Waals surface area contributed by atoms with E-state index < -0.39 is 58.9 Å². The fraction of sp³-hybridized carbons (Fsp3) is 0.367.